The lowest BCUT2D eigenvalue weighted by molar-refractivity contribution is -0.139. The summed E-state index contributed by atoms with van der Waals surface area (Å²) in [6, 6.07) is 6.40. The van der Waals surface area contributed by atoms with E-state index < -0.39 is 0 Å². The fourth-order valence-electron chi connectivity index (χ4n) is 4.07. The van der Waals surface area contributed by atoms with Crippen molar-refractivity contribution < 1.29 is 9.53 Å². The number of amides is 1. The minimum absolute atomic E-state index is 0.0905. The summed E-state index contributed by atoms with van der Waals surface area (Å²) in [5, 5.41) is 2.09. The number of piperidine rings is 1. The Hall–Kier alpha value is -1.95. The van der Waals surface area contributed by atoms with Gasteiger partial charge >= 0.3 is 6.01 Å². The van der Waals surface area contributed by atoms with Crippen LogP contribution >= 0.6 is 11.3 Å². The molecule has 6 heteroatoms. The number of likely N-dealkylation sites (tertiary alicyclic amines) is 1. The predicted molar refractivity (Wildman–Crippen MR) is 96.7 cm³/mol. The summed E-state index contributed by atoms with van der Waals surface area (Å²) in [5.74, 6) is 0.321. The standard InChI is InChI=1S/C19H23N3O2S/c23-17(19(8-1-2-9-19)16-5-3-14-25-16)22-12-6-15(7-13-22)24-18-20-10-4-11-21-18/h3-5,10-11,14-15H,1-2,6-9,12-13H2. The molecule has 2 fully saturated rings. The molecule has 1 saturated carbocycles. The molecule has 0 aromatic carbocycles. The molecule has 1 amide bonds. The van der Waals surface area contributed by atoms with Gasteiger partial charge in [0.25, 0.3) is 0 Å². The van der Waals surface area contributed by atoms with E-state index in [0.29, 0.717) is 11.9 Å². The van der Waals surface area contributed by atoms with Crippen LogP contribution in [0.4, 0.5) is 0 Å². The van der Waals surface area contributed by atoms with E-state index in [1.807, 2.05) is 0 Å². The molecule has 1 aliphatic carbocycles. The van der Waals surface area contributed by atoms with E-state index in [2.05, 4.69) is 32.4 Å². The fraction of sp³-hybridized carbons (Fsp3) is 0.526. The van der Waals surface area contributed by atoms with Crippen LogP contribution in [0.25, 0.3) is 0 Å². The Morgan fingerprint density at radius 2 is 1.88 bits per heavy atom. The van der Waals surface area contributed by atoms with Crippen LogP contribution in [0, 0.1) is 0 Å². The first-order chi connectivity index (χ1) is 12.3. The number of aromatic nitrogens is 2. The summed E-state index contributed by atoms with van der Waals surface area (Å²) in [5.41, 5.74) is -0.273. The van der Waals surface area contributed by atoms with Crippen molar-refractivity contribution in [3.05, 3.63) is 40.8 Å². The number of rotatable bonds is 4. The highest BCUT2D eigenvalue weighted by atomic mass is 32.1. The summed E-state index contributed by atoms with van der Waals surface area (Å²) >= 11 is 1.72. The van der Waals surface area contributed by atoms with E-state index in [1.165, 1.54) is 4.88 Å². The van der Waals surface area contributed by atoms with Crippen LogP contribution < -0.4 is 4.74 Å². The first-order valence-electron chi connectivity index (χ1n) is 9.05. The van der Waals surface area contributed by atoms with Gasteiger partial charge in [-0.2, -0.15) is 0 Å². The van der Waals surface area contributed by atoms with Crippen LogP contribution in [0.1, 0.15) is 43.4 Å². The molecule has 5 nitrogen and oxygen atoms in total. The van der Waals surface area contributed by atoms with Crippen LogP contribution in [0.5, 0.6) is 6.01 Å². The van der Waals surface area contributed by atoms with Crippen molar-refractivity contribution in [2.24, 2.45) is 0 Å². The lowest BCUT2D eigenvalue weighted by Crippen LogP contribution is -2.49. The Bertz CT molecular complexity index is 691. The van der Waals surface area contributed by atoms with Gasteiger partial charge in [-0.3, -0.25) is 4.79 Å². The zero-order chi connectivity index (χ0) is 17.1. The van der Waals surface area contributed by atoms with Crippen molar-refractivity contribution in [1.82, 2.24) is 14.9 Å². The van der Waals surface area contributed by atoms with Gasteiger partial charge in [0.1, 0.15) is 6.10 Å². The molecule has 132 valence electrons. The SMILES string of the molecule is O=C(N1CCC(Oc2ncccn2)CC1)C1(c2cccs2)CCCC1. The second-order valence-corrected chi connectivity index (χ2v) is 7.85. The number of ether oxygens (including phenoxy) is 1. The van der Waals surface area contributed by atoms with Crippen LogP contribution in [-0.2, 0) is 10.2 Å². The Labute approximate surface area is 152 Å². The molecule has 0 unspecified atom stereocenters. The summed E-state index contributed by atoms with van der Waals surface area (Å²) < 4.78 is 5.85. The van der Waals surface area contributed by atoms with Crippen molar-refractivity contribution in [3.8, 4) is 6.01 Å². The van der Waals surface area contributed by atoms with Crippen LogP contribution in [0.2, 0.25) is 0 Å². The third-order valence-electron chi connectivity index (χ3n) is 5.40. The highest BCUT2D eigenvalue weighted by Gasteiger charge is 2.46. The third-order valence-corrected chi connectivity index (χ3v) is 6.48. The predicted octanol–water partition coefficient (Wildman–Crippen LogP) is 3.42. The number of thiophene rings is 1. The van der Waals surface area contributed by atoms with E-state index in [-0.39, 0.29) is 11.5 Å². The summed E-state index contributed by atoms with van der Waals surface area (Å²) in [6.45, 7) is 1.51. The Kier molecular flexibility index (Phi) is 4.70. The monoisotopic (exact) mass is 357 g/mol. The molecule has 25 heavy (non-hydrogen) atoms. The highest BCUT2D eigenvalue weighted by molar-refractivity contribution is 7.10. The molecule has 0 atom stereocenters. The topological polar surface area (TPSA) is 55.3 Å². The van der Waals surface area contributed by atoms with Gasteiger partial charge in [0.05, 0.1) is 5.41 Å². The Morgan fingerprint density at radius 3 is 2.52 bits per heavy atom. The van der Waals surface area contributed by atoms with Gasteiger partial charge < -0.3 is 9.64 Å². The first kappa shape index (κ1) is 16.5. The molecule has 2 aromatic rings. The molecule has 4 rings (SSSR count). The number of hydrogen-bond acceptors (Lipinski definition) is 5. The van der Waals surface area contributed by atoms with Crippen LogP contribution in [-0.4, -0.2) is 40.0 Å². The van der Waals surface area contributed by atoms with Gasteiger partial charge in [0.2, 0.25) is 5.91 Å². The molecule has 0 N–H and O–H groups in total. The maximum Gasteiger partial charge on any atom is 0.316 e. The minimum Gasteiger partial charge on any atom is -0.460 e. The molecule has 0 bridgehead atoms. The second kappa shape index (κ2) is 7.12. The average molecular weight is 357 g/mol. The smallest absolute Gasteiger partial charge is 0.316 e. The maximum absolute atomic E-state index is 13.4. The zero-order valence-corrected chi connectivity index (χ0v) is 15.1. The molecule has 2 aliphatic rings. The van der Waals surface area contributed by atoms with Crippen LogP contribution in [0.3, 0.4) is 0 Å². The second-order valence-electron chi connectivity index (χ2n) is 6.91. The van der Waals surface area contributed by atoms with E-state index in [0.717, 1.165) is 51.6 Å². The minimum atomic E-state index is -0.273. The lowest BCUT2D eigenvalue weighted by atomic mass is 9.82. The van der Waals surface area contributed by atoms with Gasteiger partial charge in [-0.15, -0.1) is 11.3 Å². The third kappa shape index (κ3) is 3.27. The van der Waals surface area contributed by atoms with Crippen molar-refractivity contribution in [2.75, 3.05) is 13.1 Å². The molecule has 1 aliphatic heterocycles. The van der Waals surface area contributed by atoms with Crippen molar-refractivity contribution in [1.29, 1.82) is 0 Å². The normalized spacial score (nSPS) is 20.6. The quantitative estimate of drug-likeness (QED) is 0.841. The van der Waals surface area contributed by atoms with E-state index in [4.69, 9.17) is 4.74 Å². The summed E-state index contributed by atoms with van der Waals surface area (Å²) in [7, 11) is 0. The zero-order valence-electron chi connectivity index (χ0n) is 14.3. The summed E-state index contributed by atoms with van der Waals surface area (Å²) in [6.07, 6.45) is 9.41. The summed E-state index contributed by atoms with van der Waals surface area (Å²) in [4.78, 5) is 24.9. The molecule has 1 saturated heterocycles. The van der Waals surface area contributed by atoms with E-state index in [9.17, 15) is 4.79 Å². The molecule has 0 radical (unpaired) electrons. The number of carbonyl (C=O) groups excluding carboxylic acids is 1. The number of carbonyl (C=O) groups is 1. The number of hydrogen-bond donors (Lipinski definition) is 0. The lowest BCUT2D eigenvalue weighted by Gasteiger charge is -2.38. The average Bonchev–Trinajstić information content (AvgIpc) is 3.35. The fourth-order valence-corrected chi connectivity index (χ4v) is 5.05. The molecular formula is C19H23N3O2S. The van der Waals surface area contributed by atoms with E-state index in [1.54, 1.807) is 29.8 Å². The Balaban J connectivity index is 1.41. The first-order valence-corrected chi connectivity index (χ1v) is 9.93. The molecule has 0 spiro atoms. The largest absolute Gasteiger partial charge is 0.460 e. The van der Waals surface area contributed by atoms with E-state index >= 15 is 0 Å². The van der Waals surface area contributed by atoms with Gasteiger partial charge in [-0.1, -0.05) is 18.9 Å². The van der Waals surface area contributed by atoms with Crippen molar-refractivity contribution in [2.45, 2.75) is 50.0 Å². The van der Waals surface area contributed by atoms with Gasteiger partial charge in [-0.25, -0.2) is 9.97 Å². The van der Waals surface area contributed by atoms with Crippen molar-refractivity contribution >= 4 is 17.2 Å². The molecular weight excluding hydrogens is 334 g/mol. The van der Waals surface area contributed by atoms with Crippen molar-refractivity contribution in [3.63, 3.8) is 0 Å². The van der Waals surface area contributed by atoms with Gasteiger partial charge in [-0.05, 0) is 30.4 Å². The van der Waals surface area contributed by atoms with Gasteiger partial charge in [0, 0.05) is 43.2 Å². The molecule has 2 aromatic heterocycles. The van der Waals surface area contributed by atoms with Gasteiger partial charge in [0.15, 0.2) is 0 Å². The highest BCUT2D eigenvalue weighted by Crippen LogP contribution is 2.44. The Morgan fingerprint density at radius 1 is 1.16 bits per heavy atom. The maximum atomic E-state index is 13.4. The molecule has 3 heterocycles. The van der Waals surface area contributed by atoms with Crippen LogP contribution in [0.15, 0.2) is 36.0 Å². The number of nitrogens with zero attached hydrogens (tertiary/aromatic N) is 3.